The summed E-state index contributed by atoms with van der Waals surface area (Å²) in [5.41, 5.74) is 5.00. The van der Waals surface area contributed by atoms with Gasteiger partial charge in [-0.15, -0.1) is 0 Å². The summed E-state index contributed by atoms with van der Waals surface area (Å²) in [6.07, 6.45) is 1.53. The molecule has 2 N–H and O–H groups in total. The minimum Gasteiger partial charge on any atom is -0.329 e. The molecule has 8 heavy (non-hydrogen) atoms. The molecule has 0 aromatic heterocycles. The molecular weight excluding hydrogens is 146 g/mol. The van der Waals surface area contributed by atoms with Crippen LogP contribution in [0.25, 0.3) is 0 Å². The van der Waals surface area contributed by atoms with E-state index in [0.29, 0.717) is 0 Å². The van der Waals surface area contributed by atoms with Gasteiger partial charge in [-0.05, 0) is 17.0 Å². The molecule has 0 amide bonds. The van der Waals surface area contributed by atoms with Crippen LogP contribution in [-0.4, -0.2) is 27.0 Å². The van der Waals surface area contributed by atoms with E-state index >= 15 is 0 Å². The van der Waals surface area contributed by atoms with Gasteiger partial charge in [0.2, 0.25) is 8.87 Å². The molecule has 0 aliphatic rings. The first kappa shape index (κ1) is 8.26. The molecule has 0 bridgehead atoms. The second-order valence-electron chi connectivity index (χ2n) is 1.22. The van der Waals surface area contributed by atoms with Gasteiger partial charge in [0.25, 0.3) is 0 Å². The Kier molecular flexibility index (Phi) is 3.43. The normalized spacial score (nSPS) is 11.8. The topological polar surface area (TPSA) is 60.2 Å². The average Bonchev–Trinajstić information content (AvgIpc) is 1.67. The summed E-state index contributed by atoms with van der Waals surface area (Å²) in [6, 6.07) is 0. The highest BCUT2D eigenvalue weighted by atomic mass is 33.1. The lowest BCUT2D eigenvalue weighted by Crippen LogP contribution is -2.11. The molecule has 3 nitrogen and oxygen atoms in total. The molecule has 0 aliphatic carbocycles. The van der Waals surface area contributed by atoms with Gasteiger partial charge < -0.3 is 5.73 Å². The number of hydrogen-bond donors (Lipinski definition) is 1. The summed E-state index contributed by atoms with van der Waals surface area (Å²) >= 11 is 0. The van der Waals surface area contributed by atoms with Gasteiger partial charge in [-0.1, -0.05) is 0 Å². The van der Waals surface area contributed by atoms with Gasteiger partial charge in [0, 0.05) is 6.54 Å². The summed E-state index contributed by atoms with van der Waals surface area (Å²) in [5.74, 6) is 0.0775. The van der Waals surface area contributed by atoms with Crippen molar-refractivity contribution in [1.29, 1.82) is 0 Å². The summed E-state index contributed by atoms with van der Waals surface area (Å²) < 4.78 is 21.0. The van der Waals surface area contributed by atoms with Crippen molar-refractivity contribution in [3.63, 3.8) is 0 Å². The lowest BCUT2D eigenvalue weighted by molar-refractivity contribution is 0.610. The van der Waals surface area contributed by atoms with Crippen LogP contribution in [-0.2, 0) is 8.87 Å². The van der Waals surface area contributed by atoms with Crippen molar-refractivity contribution in [2.75, 3.05) is 18.6 Å². The Bertz CT molecular complexity index is 139. The second kappa shape index (κ2) is 3.32. The van der Waals surface area contributed by atoms with Crippen molar-refractivity contribution >= 4 is 19.7 Å². The maximum atomic E-state index is 10.5. The van der Waals surface area contributed by atoms with Crippen LogP contribution >= 0.6 is 10.8 Å². The standard InChI is InChI=1S/C3H9NO2S2/c1-7-8(5,6)3-2-4/h2-4H2,1H3. The number of hydrogen-bond acceptors (Lipinski definition) is 4. The largest absolute Gasteiger partial charge is 0.329 e. The molecule has 0 saturated carbocycles. The predicted molar refractivity (Wildman–Crippen MR) is 36.4 cm³/mol. The van der Waals surface area contributed by atoms with Gasteiger partial charge in [-0.2, -0.15) is 0 Å². The maximum Gasteiger partial charge on any atom is 0.202 e. The molecule has 0 fully saturated rings. The van der Waals surface area contributed by atoms with Crippen molar-refractivity contribution < 1.29 is 8.42 Å². The van der Waals surface area contributed by atoms with Gasteiger partial charge in [0.15, 0.2) is 0 Å². The third-order valence-electron chi connectivity index (χ3n) is 0.622. The smallest absolute Gasteiger partial charge is 0.202 e. The minimum absolute atomic E-state index is 0.0775. The van der Waals surface area contributed by atoms with Gasteiger partial charge >= 0.3 is 0 Å². The third-order valence-corrected chi connectivity index (χ3v) is 3.89. The highest BCUT2D eigenvalue weighted by molar-refractivity contribution is 8.71. The Balaban J connectivity index is 3.76. The van der Waals surface area contributed by atoms with E-state index in [9.17, 15) is 8.42 Å². The molecule has 0 unspecified atom stereocenters. The molecule has 0 aromatic carbocycles. The molecule has 0 aliphatic heterocycles. The molecule has 0 spiro atoms. The van der Waals surface area contributed by atoms with E-state index in [1.54, 1.807) is 0 Å². The first-order valence-corrected chi connectivity index (χ1v) is 5.50. The van der Waals surface area contributed by atoms with E-state index in [1.165, 1.54) is 6.26 Å². The van der Waals surface area contributed by atoms with Gasteiger partial charge in [-0.3, -0.25) is 0 Å². The Labute approximate surface area is 53.0 Å². The number of rotatable bonds is 3. The summed E-state index contributed by atoms with van der Waals surface area (Å²) in [4.78, 5) is 0. The summed E-state index contributed by atoms with van der Waals surface area (Å²) in [6.45, 7) is 0.211. The summed E-state index contributed by atoms with van der Waals surface area (Å²) in [5, 5.41) is 0. The van der Waals surface area contributed by atoms with Crippen LogP contribution in [0.15, 0.2) is 0 Å². The van der Waals surface area contributed by atoms with E-state index in [0.717, 1.165) is 10.8 Å². The Hall–Kier alpha value is 0.260. The van der Waals surface area contributed by atoms with Crippen LogP contribution in [0.3, 0.4) is 0 Å². The average molecular weight is 155 g/mol. The lowest BCUT2D eigenvalue weighted by atomic mass is 10.8. The molecule has 5 heteroatoms. The van der Waals surface area contributed by atoms with Crippen LogP contribution < -0.4 is 5.73 Å². The fraction of sp³-hybridized carbons (Fsp3) is 1.00. The maximum absolute atomic E-state index is 10.5. The SMILES string of the molecule is CSS(=O)(=O)CCN. The first-order valence-electron chi connectivity index (χ1n) is 2.11. The van der Waals surface area contributed by atoms with Crippen LogP contribution in [0.4, 0.5) is 0 Å². The molecule has 0 aromatic rings. The second-order valence-corrected chi connectivity index (χ2v) is 5.60. The van der Waals surface area contributed by atoms with Crippen molar-refractivity contribution in [2.45, 2.75) is 0 Å². The molecule has 0 saturated heterocycles. The lowest BCUT2D eigenvalue weighted by Gasteiger charge is -1.92. The van der Waals surface area contributed by atoms with Crippen molar-refractivity contribution in [3.05, 3.63) is 0 Å². The van der Waals surface area contributed by atoms with E-state index in [-0.39, 0.29) is 12.3 Å². The zero-order valence-electron chi connectivity index (χ0n) is 4.62. The molecule has 0 atom stereocenters. The van der Waals surface area contributed by atoms with E-state index < -0.39 is 8.87 Å². The zero-order chi connectivity index (χ0) is 6.62. The van der Waals surface area contributed by atoms with E-state index in [2.05, 4.69) is 0 Å². The third kappa shape index (κ3) is 3.29. The van der Waals surface area contributed by atoms with Crippen LogP contribution in [0.1, 0.15) is 0 Å². The van der Waals surface area contributed by atoms with Crippen LogP contribution in [0.5, 0.6) is 0 Å². The first-order chi connectivity index (χ1) is 3.62. The molecule has 0 heterocycles. The molecule has 0 radical (unpaired) electrons. The van der Waals surface area contributed by atoms with Crippen molar-refractivity contribution in [3.8, 4) is 0 Å². The van der Waals surface area contributed by atoms with E-state index in [1.807, 2.05) is 0 Å². The quantitative estimate of drug-likeness (QED) is 0.565. The van der Waals surface area contributed by atoms with Gasteiger partial charge in [-0.25, -0.2) is 8.42 Å². The monoisotopic (exact) mass is 155 g/mol. The van der Waals surface area contributed by atoms with Crippen molar-refractivity contribution in [1.82, 2.24) is 0 Å². The van der Waals surface area contributed by atoms with Gasteiger partial charge in [0.05, 0.1) is 5.75 Å². The van der Waals surface area contributed by atoms with Crippen LogP contribution in [0.2, 0.25) is 0 Å². The molecular formula is C3H9NO2S2. The minimum atomic E-state index is -2.88. The van der Waals surface area contributed by atoms with Crippen LogP contribution in [0, 0.1) is 0 Å². The van der Waals surface area contributed by atoms with E-state index in [4.69, 9.17) is 5.73 Å². The molecule has 0 rings (SSSR count). The van der Waals surface area contributed by atoms with Gasteiger partial charge in [0.1, 0.15) is 0 Å². The summed E-state index contributed by atoms with van der Waals surface area (Å²) in [7, 11) is -2.03. The zero-order valence-corrected chi connectivity index (χ0v) is 6.26. The fourth-order valence-corrected chi connectivity index (χ4v) is 1.47. The highest BCUT2D eigenvalue weighted by Gasteiger charge is 2.03. The fourth-order valence-electron chi connectivity index (χ4n) is 0.228. The Morgan fingerprint density at radius 2 is 2.12 bits per heavy atom. The molecule has 50 valence electrons. The highest BCUT2D eigenvalue weighted by Crippen LogP contribution is 2.05. The van der Waals surface area contributed by atoms with Crippen molar-refractivity contribution in [2.24, 2.45) is 5.73 Å². The Morgan fingerprint density at radius 1 is 1.62 bits per heavy atom. The number of nitrogens with two attached hydrogens (primary N) is 1. The predicted octanol–water partition coefficient (Wildman–Crippen LogP) is -0.362. The Morgan fingerprint density at radius 3 is 2.25 bits per heavy atom.